The van der Waals surface area contributed by atoms with Crippen molar-refractivity contribution in [3.8, 4) is 28.4 Å². The molecule has 2 amide bonds. The van der Waals surface area contributed by atoms with Gasteiger partial charge in [0, 0.05) is 50.7 Å². The van der Waals surface area contributed by atoms with Crippen molar-refractivity contribution in [1.82, 2.24) is 9.88 Å². The summed E-state index contributed by atoms with van der Waals surface area (Å²) >= 11 is 0. The summed E-state index contributed by atoms with van der Waals surface area (Å²) in [6, 6.07) is 14.5. The lowest BCUT2D eigenvalue weighted by Gasteiger charge is -2.19. The fourth-order valence-corrected chi connectivity index (χ4v) is 6.26. The lowest BCUT2D eigenvalue weighted by molar-refractivity contribution is -0.119. The summed E-state index contributed by atoms with van der Waals surface area (Å²) in [5.74, 6) is 1.18. The first kappa shape index (κ1) is 33.3. The van der Waals surface area contributed by atoms with Crippen LogP contribution >= 0.6 is 0 Å². The van der Waals surface area contributed by atoms with E-state index in [9.17, 15) is 14.4 Å². The van der Waals surface area contributed by atoms with Crippen molar-refractivity contribution < 1.29 is 28.5 Å². The Labute approximate surface area is 274 Å². The highest BCUT2D eigenvalue weighted by Gasteiger charge is 2.29. The van der Waals surface area contributed by atoms with Gasteiger partial charge in [0.15, 0.2) is 11.5 Å². The zero-order chi connectivity index (χ0) is 33.5. The number of fused-ring (bicyclic) bond motifs is 4. The van der Waals surface area contributed by atoms with E-state index < -0.39 is 6.04 Å². The molecule has 47 heavy (non-hydrogen) atoms. The molecule has 248 valence electrons. The van der Waals surface area contributed by atoms with Crippen molar-refractivity contribution >= 4 is 34.1 Å². The fraction of sp³-hybridized carbons (Fsp3) is 0.361. The Bertz CT molecular complexity index is 1830. The van der Waals surface area contributed by atoms with E-state index >= 15 is 0 Å². The Morgan fingerprint density at radius 2 is 1.77 bits per heavy atom. The van der Waals surface area contributed by atoms with Gasteiger partial charge in [-0.1, -0.05) is 12.1 Å². The van der Waals surface area contributed by atoms with Gasteiger partial charge in [-0.3, -0.25) is 14.4 Å². The van der Waals surface area contributed by atoms with Crippen LogP contribution in [0.1, 0.15) is 43.4 Å². The largest absolute Gasteiger partial charge is 0.493 e. The number of carbonyl (C=O) groups is 2. The molecule has 1 aliphatic rings. The van der Waals surface area contributed by atoms with Crippen LogP contribution in [0.5, 0.6) is 17.2 Å². The summed E-state index contributed by atoms with van der Waals surface area (Å²) < 4.78 is 24.4. The number of amides is 2. The summed E-state index contributed by atoms with van der Waals surface area (Å²) in [7, 11) is 6.36. The smallest absolute Gasteiger partial charge is 0.224 e. The molecule has 0 saturated heterocycles. The number of rotatable bonds is 13. The normalized spacial score (nSPS) is 13.6. The third kappa shape index (κ3) is 7.20. The molecule has 1 heterocycles. The Morgan fingerprint density at radius 1 is 0.957 bits per heavy atom. The quantitative estimate of drug-likeness (QED) is 0.168. The summed E-state index contributed by atoms with van der Waals surface area (Å²) in [6.45, 7) is 3.20. The van der Waals surface area contributed by atoms with E-state index in [1.807, 2.05) is 42.6 Å². The predicted octanol–water partition coefficient (Wildman–Crippen LogP) is 5.29. The van der Waals surface area contributed by atoms with Crippen LogP contribution in [0.25, 0.3) is 22.0 Å². The van der Waals surface area contributed by atoms with Crippen molar-refractivity contribution in [3.05, 3.63) is 76.1 Å². The molecule has 3 aromatic carbocycles. The maximum atomic E-state index is 13.5. The van der Waals surface area contributed by atoms with Gasteiger partial charge in [0.25, 0.3) is 0 Å². The van der Waals surface area contributed by atoms with Crippen LogP contribution in [0.3, 0.4) is 0 Å². The van der Waals surface area contributed by atoms with E-state index in [-0.39, 0.29) is 23.7 Å². The Hall–Kier alpha value is -5.03. The highest BCUT2D eigenvalue weighted by atomic mass is 16.5. The number of anilines is 2. The van der Waals surface area contributed by atoms with Gasteiger partial charge < -0.3 is 39.5 Å². The van der Waals surface area contributed by atoms with Gasteiger partial charge in [-0.25, -0.2) is 0 Å². The first-order valence-corrected chi connectivity index (χ1v) is 15.7. The molecule has 0 aliphatic heterocycles. The second kappa shape index (κ2) is 15.0. The maximum Gasteiger partial charge on any atom is 0.224 e. The molecule has 3 N–H and O–H groups in total. The molecule has 4 aromatic rings. The van der Waals surface area contributed by atoms with Gasteiger partial charge in [-0.2, -0.15) is 0 Å². The highest BCUT2D eigenvalue weighted by molar-refractivity contribution is 6.01. The summed E-state index contributed by atoms with van der Waals surface area (Å²) in [4.78, 5) is 38.6. The molecule has 0 unspecified atom stereocenters. The fourth-order valence-electron chi connectivity index (χ4n) is 6.26. The minimum absolute atomic E-state index is 0.108. The molecular formula is C36H42N4O7. The minimum atomic E-state index is -0.394. The number of carbonyl (C=O) groups excluding carboxylic acids is 2. The molecule has 0 spiro atoms. The first-order chi connectivity index (χ1) is 22.8. The lowest BCUT2D eigenvalue weighted by atomic mass is 9.95. The number of hydrogen-bond acceptors (Lipinski definition) is 8. The molecule has 0 fully saturated rings. The van der Waals surface area contributed by atoms with E-state index in [4.69, 9.17) is 18.9 Å². The summed E-state index contributed by atoms with van der Waals surface area (Å²) in [5, 5.41) is 10.2. The lowest BCUT2D eigenvalue weighted by Crippen LogP contribution is -2.26. The van der Waals surface area contributed by atoms with Crippen molar-refractivity contribution in [1.29, 1.82) is 0 Å². The molecule has 5 rings (SSSR count). The standard InChI is InChI=1S/C36H42N4O7/c1-22(41)38-28-13-11-23-20-32(45-3)35(46-4)36(47-5)34(23)24-12-14-29(31(42)21-26(24)28)37-16-7-10-33(43)39-27-8-6-9-30-25(27)15-17-40(30)18-19-44-2/h6,8-9,12,14-15,17,20-21,28H,7,10-11,13,16,18-19H2,1-5H3,(H,37,42)(H,38,41)(H,39,43)/t28-/m0/s1. The number of aryl methyl sites for hydroxylation is 1. The van der Waals surface area contributed by atoms with Crippen LogP contribution in [0.4, 0.5) is 11.4 Å². The van der Waals surface area contributed by atoms with Gasteiger partial charge in [-0.15, -0.1) is 0 Å². The van der Waals surface area contributed by atoms with E-state index in [0.29, 0.717) is 60.9 Å². The van der Waals surface area contributed by atoms with Crippen LogP contribution in [0.15, 0.2) is 59.5 Å². The topological polar surface area (TPSA) is 129 Å². The van der Waals surface area contributed by atoms with E-state index in [0.717, 1.165) is 39.8 Å². The molecule has 1 aliphatic carbocycles. The highest BCUT2D eigenvalue weighted by Crippen LogP contribution is 2.50. The van der Waals surface area contributed by atoms with Crippen molar-refractivity contribution in [2.75, 3.05) is 52.2 Å². The van der Waals surface area contributed by atoms with E-state index in [1.54, 1.807) is 40.6 Å². The predicted molar refractivity (Wildman–Crippen MR) is 183 cm³/mol. The molecule has 11 nitrogen and oxygen atoms in total. The van der Waals surface area contributed by atoms with Crippen LogP contribution < -0.4 is 35.6 Å². The average Bonchev–Trinajstić information content (AvgIpc) is 3.34. The molecular weight excluding hydrogens is 600 g/mol. The second-order valence-electron chi connectivity index (χ2n) is 11.4. The number of hydrogen-bond donors (Lipinski definition) is 3. The number of benzene rings is 2. The number of nitrogens with zero attached hydrogens (tertiary/aromatic N) is 1. The third-order valence-electron chi connectivity index (χ3n) is 8.44. The number of ether oxygens (including phenoxy) is 4. The molecule has 0 radical (unpaired) electrons. The number of nitrogens with one attached hydrogen (secondary N) is 3. The van der Waals surface area contributed by atoms with Crippen molar-refractivity contribution in [3.63, 3.8) is 0 Å². The van der Waals surface area contributed by atoms with Crippen molar-refractivity contribution in [2.24, 2.45) is 0 Å². The second-order valence-corrected chi connectivity index (χ2v) is 11.4. The van der Waals surface area contributed by atoms with E-state index in [2.05, 4.69) is 20.5 Å². The zero-order valence-electron chi connectivity index (χ0n) is 27.5. The monoisotopic (exact) mass is 642 g/mol. The summed E-state index contributed by atoms with van der Waals surface area (Å²) in [5.41, 5.74) is 5.13. The average molecular weight is 643 g/mol. The first-order valence-electron chi connectivity index (χ1n) is 15.7. The van der Waals surface area contributed by atoms with Crippen LogP contribution in [0, 0.1) is 0 Å². The molecule has 1 aromatic heterocycles. The number of aromatic nitrogens is 1. The Morgan fingerprint density at radius 3 is 2.49 bits per heavy atom. The summed E-state index contributed by atoms with van der Waals surface area (Å²) in [6.07, 6.45) is 3.96. The van der Waals surface area contributed by atoms with Crippen molar-refractivity contribution in [2.45, 2.75) is 45.2 Å². The van der Waals surface area contributed by atoms with Gasteiger partial charge in [-0.05, 0) is 72.4 Å². The van der Waals surface area contributed by atoms with Gasteiger partial charge in [0.2, 0.25) is 23.0 Å². The van der Waals surface area contributed by atoms with Gasteiger partial charge in [0.05, 0.1) is 50.9 Å². The van der Waals surface area contributed by atoms with Crippen LogP contribution in [-0.2, 0) is 27.3 Å². The Balaban J connectivity index is 1.35. The minimum Gasteiger partial charge on any atom is -0.493 e. The molecule has 11 heteroatoms. The zero-order valence-corrected chi connectivity index (χ0v) is 27.5. The number of methoxy groups -OCH3 is 4. The van der Waals surface area contributed by atoms with E-state index in [1.165, 1.54) is 6.92 Å². The van der Waals surface area contributed by atoms with Crippen LogP contribution in [-0.4, -0.2) is 58.0 Å². The molecule has 0 saturated carbocycles. The SMILES string of the molecule is COCCn1ccc2c(NC(=O)CCCNc3ccc4c(cc3=O)[C@@H](NC(C)=O)CCc3cc(OC)c(OC)c(OC)c3-4)cccc21. The van der Waals surface area contributed by atoms with Gasteiger partial charge >= 0.3 is 0 Å². The van der Waals surface area contributed by atoms with Crippen LogP contribution in [0.2, 0.25) is 0 Å². The molecule has 0 bridgehead atoms. The van der Waals surface area contributed by atoms with Gasteiger partial charge in [0.1, 0.15) is 0 Å². The Kier molecular flexibility index (Phi) is 10.7. The maximum absolute atomic E-state index is 13.5. The third-order valence-corrected chi connectivity index (χ3v) is 8.44. The molecule has 1 atom stereocenters.